The van der Waals surface area contributed by atoms with Crippen molar-refractivity contribution in [3.63, 3.8) is 0 Å². The Hall–Kier alpha value is -1.55. The molecule has 0 aromatic carbocycles. The minimum atomic E-state index is 0.588. The highest BCUT2D eigenvalue weighted by atomic mass is 15.3. The number of hydrogen-bond donors (Lipinski definition) is 0. The zero-order valence-corrected chi connectivity index (χ0v) is 11.2. The summed E-state index contributed by atoms with van der Waals surface area (Å²) in [5, 5.41) is 0. The van der Waals surface area contributed by atoms with Gasteiger partial charge in [0.15, 0.2) is 0 Å². The van der Waals surface area contributed by atoms with E-state index in [4.69, 9.17) is 0 Å². The van der Waals surface area contributed by atoms with Crippen LogP contribution in [0.1, 0.15) is 13.8 Å². The van der Waals surface area contributed by atoms with Crippen LogP contribution in [0.2, 0.25) is 0 Å². The SMILES string of the molecule is C[C@@H]1CN(c2ccn3ccnc3c2)C[C@H](C)N1C. The summed E-state index contributed by atoms with van der Waals surface area (Å²) in [4.78, 5) is 9.26. The second kappa shape index (κ2) is 4.28. The summed E-state index contributed by atoms with van der Waals surface area (Å²) in [6, 6.07) is 5.53. The molecule has 2 atom stereocenters. The van der Waals surface area contributed by atoms with Crippen LogP contribution in [0.15, 0.2) is 30.7 Å². The van der Waals surface area contributed by atoms with Crippen LogP contribution in [0.5, 0.6) is 0 Å². The molecule has 1 aliphatic rings. The maximum absolute atomic E-state index is 4.35. The summed E-state index contributed by atoms with van der Waals surface area (Å²) in [6.07, 6.45) is 5.91. The highest BCUT2D eigenvalue weighted by molar-refractivity contribution is 5.56. The molecular weight excluding hydrogens is 224 g/mol. The Morgan fingerprint density at radius 2 is 1.89 bits per heavy atom. The molecule has 0 radical (unpaired) electrons. The van der Waals surface area contributed by atoms with Crippen molar-refractivity contribution < 1.29 is 0 Å². The third-order valence-corrected chi connectivity index (χ3v) is 4.11. The fourth-order valence-electron chi connectivity index (χ4n) is 2.71. The molecule has 0 aliphatic carbocycles. The molecule has 0 saturated carbocycles. The number of hydrogen-bond acceptors (Lipinski definition) is 3. The molecule has 2 aromatic rings. The van der Waals surface area contributed by atoms with E-state index in [1.165, 1.54) is 5.69 Å². The quantitative estimate of drug-likeness (QED) is 0.765. The molecule has 2 aromatic heterocycles. The lowest BCUT2D eigenvalue weighted by Gasteiger charge is -2.43. The predicted octanol–water partition coefficient (Wildman–Crippen LogP) is 1.86. The number of nitrogens with zero attached hydrogens (tertiary/aromatic N) is 4. The molecule has 1 saturated heterocycles. The molecule has 0 amide bonds. The fourth-order valence-corrected chi connectivity index (χ4v) is 2.71. The van der Waals surface area contributed by atoms with Gasteiger partial charge in [0.05, 0.1) is 0 Å². The monoisotopic (exact) mass is 244 g/mol. The number of rotatable bonds is 1. The van der Waals surface area contributed by atoms with Crippen molar-refractivity contribution in [3.8, 4) is 0 Å². The van der Waals surface area contributed by atoms with Crippen molar-refractivity contribution in [2.75, 3.05) is 25.0 Å². The Morgan fingerprint density at radius 1 is 1.17 bits per heavy atom. The first-order chi connectivity index (χ1) is 8.65. The first kappa shape index (κ1) is 11.5. The summed E-state index contributed by atoms with van der Waals surface area (Å²) in [5.74, 6) is 0. The normalized spacial score (nSPS) is 25.8. The zero-order valence-electron chi connectivity index (χ0n) is 11.2. The Labute approximate surface area is 108 Å². The number of likely N-dealkylation sites (N-methyl/N-ethyl adjacent to an activating group) is 1. The predicted molar refractivity (Wildman–Crippen MR) is 74.1 cm³/mol. The van der Waals surface area contributed by atoms with Crippen LogP contribution in [-0.4, -0.2) is 46.5 Å². The molecule has 3 heterocycles. The lowest BCUT2D eigenvalue weighted by molar-refractivity contribution is 0.170. The molecule has 0 unspecified atom stereocenters. The first-order valence-corrected chi connectivity index (χ1v) is 6.55. The first-order valence-electron chi connectivity index (χ1n) is 6.55. The van der Waals surface area contributed by atoms with Crippen LogP contribution < -0.4 is 4.90 Å². The van der Waals surface area contributed by atoms with Gasteiger partial charge < -0.3 is 9.30 Å². The van der Waals surface area contributed by atoms with Gasteiger partial charge >= 0.3 is 0 Å². The summed E-state index contributed by atoms with van der Waals surface area (Å²) in [7, 11) is 2.21. The van der Waals surface area contributed by atoms with Crippen LogP contribution in [0.25, 0.3) is 5.65 Å². The van der Waals surface area contributed by atoms with Crippen LogP contribution >= 0.6 is 0 Å². The molecule has 18 heavy (non-hydrogen) atoms. The van der Waals surface area contributed by atoms with Gasteiger partial charge in [-0.1, -0.05) is 0 Å². The zero-order chi connectivity index (χ0) is 12.7. The van der Waals surface area contributed by atoms with Crippen LogP contribution in [0.3, 0.4) is 0 Å². The second-order valence-corrected chi connectivity index (χ2v) is 5.35. The minimum Gasteiger partial charge on any atom is -0.368 e. The van der Waals surface area contributed by atoms with E-state index >= 15 is 0 Å². The number of fused-ring (bicyclic) bond motifs is 1. The Balaban J connectivity index is 1.89. The van der Waals surface area contributed by atoms with Crippen LogP contribution in [0.4, 0.5) is 5.69 Å². The molecule has 0 spiro atoms. The number of aromatic nitrogens is 2. The summed E-state index contributed by atoms with van der Waals surface area (Å²) in [5.41, 5.74) is 2.30. The Bertz CT molecular complexity index is 535. The lowest BCUT2D eigenvalue weighted by Crippen LogP contribution is -2.55. The summed E-state index contributed by atoms with van der Waals surface area (Å²) >= 11 is 0. The number of piperazine rings is 1. The van der Waals surface area contributed by atoms with Crippen LogP contribution in [-0.2, 0) is 0 Å². The average Bonchev–Trinajstić information content (AvgIpc) is 2.82. The van der Waals surface area contributed by atoms with E-state index < -0.39 is 0 Å². The highest BCUT2D eigenvalue weighted by Gasteiger charge is 2.26. The van der Waals surface area contributed by atoms with Gasteiger partial charge in [-0.2, -0.15) is 0 Å². The average molecular weight is 244 g/mol. The largest absolute Gasteiger partial charge is 0.368 e. The van der Waals surface area contributed by atoms with Crippen molar-refractivity contribution in [1.29, 1.82) is 0 Å². The van der Waals surface area contributed by atoms with E-state index in [2.05, 4.69) is 54.0 Å². The summed E-state index contributed by atoms with van der Waals surface area (Å²) in [6.45, 7) is 6.74. The maximum atomic E-state index is 4.35. The Morgan fingerprint density at radius 3 is 2.61 bits per heavy atom. The molecule has 96 valence electrons. The van der Waals surface area contributed by atoms with Gasteiger partial charge in [-0.15, -0.1) is 0 Å². The number of pyridine rings is 1. The van der Waals surface area contributed by atoms with Crippen molar-refractivity contribution in [1.82, 2.24) is 14.3 Å². The van der Waals surface area contributed by atoms with Gasteiger partial charge in [0.25, 0.3) is 0 Å². The van der Waals surface area contributed by atoms with E-state index in [-0.39, 0.29) is 0 Å². The van der Waals surface area contributed by atoms with Gasteiger partial charge in [-0.3, -0.25) is 4.90 Å². The third-order valence-electron chi connectivity index (χ3n) is 4.11. The highest BCUT2D eigenvalue weighted by Crippen LogP contribution is 2.22. The molecule has 4 heteroatoms. The van der Waals surface area contributed by atoms with Gasteiger partial charge in [0.2, 0.25) is 0 Å². The fraction of sp³-hybridized carbons (Fsp3) is 0.500. The molecule has 4 nitrogen and oxygen atoms in total. The molecule has 0 bridgehead atoms. The van der Waals surface area contributed by atoms with Gasteiger partial charge in [-0.05, 0) is 27.0 Å². The van der Waals surface area contributed by atoms with E-state index in [0.29, 0.717) is 12.1 Å². The minimum absolute atomic E-state index is 0.588. The van der Waals surface area contributed by atoms with E-state index in [1.54, 1.807) is 0 Å². The smallest absolute Gasteiger partial charge is 0.138 e. The third kappa shape index (κ3) is 1.86. The van der Waals surface area contributed by atoms with Gasteiger partial charge in [0, 0.05) is 55.5 Å². The molecule has 1 fully saturated rings. The van der Waals surface area contributed by atoms with Gasteiger partial charge in [0.1, 0.15) is 5.65 Å². The van der Waals surface area contributed by atoms with Crippen molar-refractivity contribution in [2.24, 2.45) is 0 Å². The number of anilines is 1. The molecular formula is C14H20N4. The van der Waals surface area contributed by atoms with Gasteiger partial charge in [-0.25, -0.2) is 4.98 Å². The van der Waals surface area contributed by atoms with E-state index in [1.807, 2.05) is 16.8 Å². The maximum Gasteiger partial charge on any atom is 0.138 e. The van der Waals surface area contributed by atoms with Crippen LogP contribution in [0, 0.1) is 0 Å². The molecule has 1 aliphatic heterocycles. The molecule has 3 rings (SSSR count). The van der Waals surface area contributed by atoms with E-state index in [9.17, 15) is 0 Å². The Kier molecular flexibility index (Phi) is 2.74. The van der Waals surface area contributed by atoms with E-state index in [0.717, 1.165) is 18.7 Å². The van der Waals surface area contributed by atoms with Crippen molar-refractivity contribution in [3.05, 3.63) is 30.7 Å². The molecule has 0 N–H and O–H groups in total. The lowest BCUT2D eigenvalue weighted by atomic mass is 10.1. The standard InChI is InChI=1S/C14H20N4/c1-11-9-18(10-12(2)16(11)3)13-4-6-17-7-5-15-14(17)8-13/h4-8,11-12H,9-10H2,1-3H3/t11-,12+. The topological polar surface area (TPSA) is 23.8 Å². The number of imidazole rings is 1. The summed E-state index contributed by atoms with van der Waals surface area (Å²) < 4.78 is 2.05. The van der Waals surface area contributed by atoms with Crippen molar-refractivity contribution in [2.45, 2.75) is 25.9 Å². The van der Waals surface area contributed by atoms with Crippen molar-refractivity contribution >= 4 is 11.3 Å². The second-order valence-electron chi connectivity index (χ2n) is 5.35.